The minimum Gasteiger partial charge on any atom is -0.394 e. The van der Waals surface area contributed by atoms with E-state index in [2.05, 4.69) is 4.98 Å². The van der Waals surface area contributed by atoms with Gasteiger partial charge in [0.2, 0.25) is 0 Å². The summed E-state index contributed by atoms with van der Waals surface area (Å²) in [5.41, 5.74) is -1.32. The molecule has 0 aromatic carbocycles. The highest BCUT2D eigenvalue weighted by Crippen LogP contribution is 2.49. The molecule has 2 rings (SSSR count). The normalized spacial score (nSPS) is 25.2. The lowest BCUT2D eigenvalue weighted by Gasteiger charge is -2.37. The number of aliphatic hydroxyl groups is 2. The first-order valence-electron chi connectivity index (χ1n) is 9.72. The molecule has 0 bridgehead atoms. The van der Waals surface area contributed by atoms with Gasteiger partial charge in [-0.05, 0) is 27.7 Å². The number of rotatable bonds is 10. The van der Waals surface area contributed by atoms with Crippen LogP contribution in [0.15, 0.2) is 21.9 Å². The van der Waals surface area contributed by atoms with Gasteiger partial charge in [0, 0.05) is 24.3 Å². The van der Waals surface area contributed by atoms with Crippen LogP contribution in [0.5, 0.6) is 0 Å². The third kappa shape index (κ3) is 5.74. The van der Waals surface area contributed by atoms with Crippen molar-refractivity contribution in [3.63, 3.8) is 0 Å². The Hall–Kier alpha value is -1.64. The smallest absolute Gasteiger partial charge is 0.330 e. The van der Waals surface area contributed by atoms with E-state index in [1.807, 2.05) is 38.4 Å². The van der Waals surface area contributed by atoms with E-state index in [9.17, 15) is 19.8 Å². The number of aromatic amines is 1. The maximum Gasteiger partial charge on any atom is 0.330 e. The van der Waals surface area contributed by atoms with Crippen LogP contribution in [0.1, 0.15) is 40.3 Å². The van der Waals surface area contributed by atoms with Crippen LogP contribution in [0.2, 0.25) is 0 Å². The lowest BCUT2D eigenvalue weighted by atomic mass is 10.1. The molecule has 1 aromatic heterocycles. The molecule has 2 heterocycles. The Labute approximate surface area is 175 Å². The average Bonchev–Trinajstić information content (AvgIpc) is 2.97. The summed E-state index contributed by atoms with van der Waals surface area (Å²) in [6.45, 7) is 7.58. The Kier molecular flexibility index (Phi) is 9.12. The molecule has 1 saturated heterocycles. The number of hydrogen-bond donors (Lipinski definition) is 3. The van der Waals surface area contributed by atoms with Crippen molar-refractivity contribution in [2.24, 2.45) is 0 Å². The molecule has 0 saturated carbocycles. The molecule has 11 nitrogen and oxygen atoms in total. The van der Waals surface area contributed by atoms with Crippen molar-refractivity contribution in [1.82, 2.24) is 14.2 Å². The minimum atomic E-state index is -1.70. The predicted octanol–water partition coefficient (Wildman–Crippen LogP) is 0.448. The summed E-state index contributed by atoms with van der Waals surface area (Å²) >= 11 is 0. The molecule has 0 amide bonds. The van der Waals surface area contributed by atoms with Crippen LogP contribution in [0.25, 0.3) is 0 Å². The summed E-state index contributed by atoms with van der Waals surface area (Å²) in [4.78, 5) is 25.5. The van der Waals surface area contributed by atoms with Crippen LogP contribution in [-0.2, 0) is 13.8 Å². The fourth-order valence-corrected chi connectivity index (χ4v) is 5.03. The van der Waals surface area contributed by atoms with Crippen LogP contribution >= 0.6 is 8.53 Å². The summed E-state index contributed by atoms with van der Waals surface area (Å²) in [6, 6.07) is 3.24. The van der Waals surface area contributed by atoms with E-state index in [1.54, 1.807) is 0 Å². The first kappa shape index (κ1) is 24.6. The molecule has 1 aliphatic rings. The van der Waals surface area contributed by atoms with E-state index in [-0.39, 0.29) is 25.1 Å². The quantitative estimate of drug-likeness (QED) is 0.345. The van der Waals surface area contributed by atoms with Crippen molar-refractivity contribution in [1.29, 1.82) is 5.26 Å². The van der Waals surface area contributed by atoms with Gasteiger partial charge in [-0.25, -0.2) is 9.46 Å². The lowest BCUT2D eigenvalue weighted by molar-refractivity contribution is -0.0546. The second kappa shape index (κ2) is 11.1. The second-order valence-corrected chi connectivity index (χ2v) is 8.78. The molecular weight excluding hydrogens is 415 g/mol. The van der Waals surface area contributed by atoms with E-state index in [1.165, 1.54) is 6.20 Å². The molecule has 168 valence electrons. The van der Waals surface area contributed by atoms with Crippen molar-refractivity contribution >= 4 is 8.53 Å². The van der Waals surface area contributed by atoms with Crippen molar-refractivity contribution in [2.45, 2.75) is 70.7 Å². The molecule has 30 heavy (non-hydrogen) atoms. The van der Waals surface area contributed by atoms with Gasteiger partial charge in [0.05, 0.1) is 25.7 Å². The fraction of sp³-hybridized carbons (Fsp3) is 0.722. The number of H-pyrrole nitrogens is 1. The van der Waals surface area contributed by atoms with Crippen molar-refractivity contribution in [3.8, 4) is 6.07 Å². The topological polar surface area (TPSA) is 150 Å². The zero-order valence-electron chi connectivity index (χ0n) is 17.5. The zero-order valence-corrected chi connectivity index (χ0v) is 18.4. The summed E-state index contributed by atoms with van der Waals surface area (Å²) in [5.74, 6) is 0. The van der Waals surface area contributed by atoms with Gasteiger partial charge in [-0.1, -0.05) is 0 Å². The standard InChI is InChI=1S/C18H29N4O7P/c1-11(2)22(12(3)4)30(27-9-5-7-19)29-16-13(10-23)28-17(15(16)25)21-8-6-14(24)20-18(21)26/h6,8,11-13,15-17,23,25H,5,9-10H2,1-4H3,(H,20,24,26)/t13-,15-,16-,17-,30?/m1/s1. The third-order valence-corrected chi connectivity index (χ3v) is 6.62. The van der Waals surface area contributed by atoms with E-state index < -0.39 is 50.9 Å². The minimum absolute atomic E-state index is 0.0443. The Balaban J connectivity index is 2.29. The van der Waals surface area contributed by atoms with Gasteiger partial charge in [0.1, 0.15) is 18.3 Å². The summed E-state index contributed by atoms with van der Waals surface area (Å²) in [6.07, 6.45) is -2.99. The van der Waals surface area contributed by atoms with Crippen LogP contribution in [-0.4, -0.2) is 68.0 Å². The molecule has 1 fully saturated rings. The number of nitrogens with one attached hydrogen (secondary N) is 1. The van der Waals surface area contributed by atoms with Gasteiger partial charge >= 0.3 is 5.69 Å². The van der Waals surface area contributed by atoms with Gasteiger partial charge in [-0.15, -0.1) is 0 Å². The first-order chi connectivity index (χ1) is 14.2. The molecule has 0 radical (unpaired) electrons. The van der Waals surface area contributed by atoms with Crippen molar-refractivity contribution in [3.05, 3.63) is 33.1 Å². The number of ether oxygens (including phenoxy) is 1. The highest BCUT2D eigenvalue weighted by Gasteiger charge is 2.48. The summed E-state index contributed by atoms with van der Waals surface area (Å²) < 4.78 is 20.6. The first-order valence-corrected chi connectivity index (χ1v) is 10.8. The Morgan fingerprint density at radius 3 is 2.57 bits per heavy atom. The molecule has 12 heteroatoms. The second-order valence-electron chi connectivity index (χ2n) is 7.37. The number of hydrogen-bond acceptors (Lipinski definition) is 9. The Morgan fingerprint density at radius 1 is 1.37 bits per heavy atom. The van der Waals surface area contributed by atoms with Crippen molar-refractivity contribution < 1.29 is 24.0 Å². The van der Waals surface area contributed by atoms with E-state index >= 15 is 0 Å². The summed E-state index contributed by atoms with van der Waals surface area (Å²) in [7, 11) is -1.70. The Bertz CT molecular complexity index is 829. The molecular formula is C18H29N4O7P. The Morgan fingerprint density at radius 2 is 2.03 bits per heavy atom. The number of aliphatic hydroxyl groups excluding tert-OH is 2. The van der Waals surface area contributed by atoms with Crippen LogP contribution in [0, 0.1) is 11.3 Å². The highest BCUT2D eigenvalue weighted by atomic mass is 31.2. The molecule has 1 unspecified atom stereocenters. The van der Waals surface area contributed by atoms with Crippen LogP contribution < -0.4 is 11.2 Å². The van der Waals surface area contributed by atoms with E-state index in [0.717, 1.165) is 10.6 Å². The molecule has 1 aliphatic heterocycles. The average molecular weight is 444 g/mol. The zero-order chi connectivity index (χ0) is 22.4. The highest BCUT2D eigenvalue weighted by molar-refractivity contribution is 7.44. The summed E-state index contributed by atoms with van der Waals surface area (Å²) in [5, 5.41) is 29.4. The van der Waals surface area contributed by atoms with Gasteiger partial charge in [0.15, 0.2) is 6.23 Å². The maximum absolute atomic E-state index is 12.1. The SMILES string of the molecule is CC(C)N(C(C)C)P(OCCC#N)O[C@H]1[C@@H](O)[C@H](n2ccc(=O)[nH]c2=O)O[C@@H]1CO. The fourth-order valence-electron chi connectivity index (χ4n) is 3.25. The molecule has 1 aromatic rings. The molecule has 0 aliphatic carbocycles. The van der Waals surface area contributed by atoms with E-state index in [0.29, 0.717) is 0 Å². The number of nitriles is 1. The van der Waals surface area contributed by atoms with Crippen LogP contribution in [0.3, 0.4) is 0 Å². The largest absolute Gasteiger partial charge is 0.394 e. The van der Waals surface area contributed by atoms with Crippen LogP contribution in [0.4, 0.5) is 0 Å². The molecule has 0 spiro atoms. The van der Waals surface area contributed by atoms with Gasteiger partial charge in [-0.2, -0.15) is 5.26 Å². The maximum atomic E-state index is 12.1. The van der Waals surface area contributed by atoms with Gasteiger partial charge in [-0.3, -0.25) is 14.3 Å². The monoisotopic (exact) mass is 444 g/mol. The predicted molar refractivity (Wildman–Crippen MR) is 108 cm³/mol. The van der Waals surface area contributed by atoms with Crippen molar-refractivity contribution in [2.75, 3.05) is 13.2 Å². The number of nitrogens with zero attached hydrogens (tertiary/aromatic N) is 3. The van der Waals surface area contributed by atoms with Gasteiger partial charge in [0.25, 0.3) is 14.1 Å². The number of aromatic nitrogens is 2. The van der Waals surface area contributed by atoms with E-state index in [4.69, 9.17) is 19.0 Å². The molecule has 3 N–H and O–H groups in total. The van der Waals surface area contributed by atoms with Gasteiger partial charge < -0.3 is 24.0 Å². The molecule has 5 atom stereocenters. The third-order valence-electron chi connectivity index (χ3n) is 4.49. The lowest BCUT2D eigenvalue weighted by Crippen LogP contribution is -2.41.